The Morgan fingerprint density at radius 3 is 2.68 bits per heavy atom. The van der Waals surface area contributed by atoms with Gasteiger partial charge in [-0.05, 0) is 45.8 Å². The van der Waals surface area contributed by atoms with E-state index in [0.29, 0.717) is 15.7 Å². The van der Waals surface area contributed by atoms with Crippen LogP contribution in [0.5, 0.6) is 0 Å². The molecule has 2 N–H and O–H groups in total. The number of aliphatic hydroxyl groups excluding tert-OH is 1. The van der Waals surface area contributed by atoms with Crippen LogP contribution >= 0.6 is 15.9 Å². The zero-order chi connectivity index (χ0) is 13.8. The molecule has 1 amide bonds. The summed E-state index contributed by atoms with van der Waals surface area (Å²) in [7, 11) is 0. The molecule has 0 saturated heterocycles. The van der Waals surface area contributed by atoms with E-state index in [0.717, 1.165) is 0 Å². The summed E-state index contributed by atoms with van der Waals surface area (Å²) in [5.41, 5.74) is 1.13. The van der Waals surface area contributed by atoms with E-state index in [9.17, 15) is 9.18 Å². The van der Waals surface area contributed by atoms with Crippen LogP contribution in [0.25, 0.3) is 0 Å². The van der Waals surface area contributed by atoms with E-state index in [1.165, 1.54) is 12.1 Å². The molecule has 2 aromatic carbocycles. The second-order valence-corrected chi connectivity index (χ2v) is 4.76. The Labute approximate surface area is 118 Å². The van der Waals surface area contributed by atoms with Gasteiger partial charge < -0.3 is 10.4 Å². The molecule has 0 aromatic heterocycles. The zero-order valence-corrected chi connectivity index (χ0v) is 11.4. The molecule has 0 unspecified atom stereocenters. The van der Waals surface area contributed by atoms with E-state index in [-0.39, 0.29) is 12.2 Å². The number of amides is 1. The van der Waals surface area contributed by atoms with Gasteiger partial charge in [0.05, 0.1) is 12.2 Å². The first-order valence-electron chi connectivity index (χ1n) is 5.57. The number of carbonyl (C=O) groups is 1. The van der Waals surface area contributed by atoms with Crippen LogP contribution in [0.2, 0.25) is 0 Å². The molecule has 0 aliphatic heterocycles. The van der Waals surface area contributed by atoms with E-state index in [1.54, 1.807) is 30.3 Å². The summed E-state index contributed by atoms with van der Waals surface area (Å²) >= 11 is 3.15. The van der Waals surface area contributed by atoms with Crippen molar-refractivity contribution in [3.05, 3.63) is 63.9 Å². The van der Waals surface area contributed by atoms with Gasteiger partial charge in [0.25, 0.3) is 5.91 Å². The van der Waals surface area contributed by atoms with Gasteiger partial charge >= 0.3 is 0 Å². The van der Waals surface area contributed by atoms with Gasteiger partial charge in [-0.15, -0.1) is 0 Å². The van der Waals surface area contributed by atoms with Crippen molar-refractivity contribution in [3.8, 4) is 0 Å². The van der Waals surface area contributed by atoms with Crippen molar-refractivity contribution < 1.29 is 14.3 Å². The lowest BCUT2D eigenvalue weighted by atomic mass is 10.1. The van der Waals surface area contributed by atoms with Gasteiger partial charge in [-0.1, -0.05) is 18.2 Å². The Hall–Kier alpha value is -1.72. The normalized spacial score (nSPS) is 10.3. The van der Waals surface area contributed by atoms with Crippen molar-refractivity contribution in [3.63, 3.8) is 0 Å². The van der Waals surface area contributed by atoms with Crippen molar-refractivity contribution in [2.24, 2.45) is 0 Å². The molecular weight excluding hydrogens is 313 g/mol. The van der Waals surface area contributed by atoms with E-state index >= 15 is 0 Å². The summed E-state index contributed by atoms with van der Waals surface area (Å²) in [6.45, 7) is -0.118. The SMILES string of the molecule is O=C(Nc1cccc(CO)c1)c1c(F)cccc1Br. The van der Waals surface area contributed by atoms with E-state index in [1.807, 2.05) is 0 Å². The number of hydrogen-bond donors (Lipinski definition) is 2. The van der Waals surface area contributed by atoms with Gasteiger partial charge in [-0.2, -0.15) is 0 Å². The quantitative estimate of drug-likeness (QED) is 0.910. The third-order valence-corrected chi connectivity index (χ3v) is 3.22. The van der Waals surface area contributed by atoms with Crippen molar-refractivity contribution in [2.75, 3.05) is 5.32 Å². The monoisotopic (exact) mass is 323 g/mol. The first kappa shape index (κ1) is 13.7. The van der Waals surface area contributed by atoms with Crippen molar-refractivity contribution in [1.29, 1.82) is 0 Å². The molecule has 0 heterocycles. The zero-order valence-electron chi connectivity index (χ0n) is 9.86. The van der Waals surface area contributed by atoms with Gasteiger partial charge in [-0.25, -0.2) is 4.39 Å². The Balaban J connectivity index is 2.26. The predicted molar refractivity (Wildman–Crippen MR) is 74.4 cm³/mol. The molecule has 5 heteroatoms. The number of halogens is 2. The molecule has 0 spiro atoms. The molecular formula is C14H11BrFNO2. The Kier molecular flexibility index (Phi) is 4.29. The highest BCUT2D eigenvalue weighted by atomic mass is 79.9. The Morgan fingerprint density at radius 1 is 1.26 bits per heavy atom. The second kappa shape index (κ2) is 5.95. The molecule has 98 valence electrons. The van der Waals surface area contributed by atoms with Crippen LogP contribution in [0.4, 0.5) is 10.1 Å². The van der Waals surface area contributed by atoms with Crippen LogP contribution in [0.15, 0.2) is 46.9 Å². The largest absolute Gasteiger partial charge is 0.392 e. The summed E-state index contributed by atoms with van der Waals surface area (Å²) in [6.07, 6.45) is 0. The summed E-state index contributed by atoms with van der Waals surface area (Å²) in [6, 6.07) is 11.1. The minimum atomic E-state index is -0.592. The minimum absolute atomic E-state index is 0.0445. The molecule has 3 nitrogen and oxygen atoms in total. The van der Waals surface area contributed by atoms with Gasteiger partial charge in [0, 0.05) is 10.2 Å². The molecule has 0 radical (unpaired) electrons. The van der Waals surface area contributed by atoms with Crippen molar-refractivity contribution in [2.45, 2.75) is 6.61 Å². The number of rotatable bonds is 3. The first-order chi connectivity index (χ1) is 9.11. The molecule has 0 atom stereocenters. The summed E-state index contributed by atoms with van der Waals surface area (Å²) in [5.74, 6) is -1.13. The van der Waals surface area contributed by atoms with Gasteiger partial charge in [-0.3, -0.25) is 4.79 Å². The number of anilines is 1. The van der Waals surface area contributed by atoms with E-state index in [4.69, 9.17) is 5.11 Å². The molecule has 0 saturated carbocycles. The van der Waals surface area contributed by atoms with Gasteiger partial charge in [0.1, 0.15) is 5.82 Å². The van der Waals surface area contributed by atoms with Crippen LogP contribution in [-0.4, -0.2) is 11.0 Å². The van der Waals surface area contributed by atoms with Crippen LogP contribution < -0.4 is 5.32 Å². The van der Waals surface area contributed by atoms with Crippen molar-refractivity contribution >= 4 is 27.5 Å². The number of benzene rings is 2. The number of aliphatic hydroxyl groups is 1. The lowest BCUT2D eigenvalue weighted by molar-refractivity contribution is 0.102. The fraction of sp³-hybridized carbons (Fsp3) is 0.0714. The average molecular weight is 324 g/mol. The molecule has 0 fully saturated rings. The Morgan fingerprint density at radius 2 is 2.00 bits per heavy atom. The highest BCUT2D eigenvalue weighted by Gasteiger charge is 2.15. The summed E-state index contributed by atoms with van der Waals surface area (Å²) in [4.78, 5) is 12.0. The molecule has 2 rings (SSSR count). The van der Waals surface area contributed by atoms with Crippen molar-refractivity contribution in [1.82, 2.24) is 0 Å². The minimum Gasteiger partial charge on any atom is -0.392 e. The number of hydrogen-bond acceptors (Lipinski definition) is 2. The average Bonchev–Trinajstić information content (AvgIpc) is 2.38. The third kappa shape index (κ3) is 3.19. The molecule has 0 aliphatic rings. The maximum atomic E-state index is 13.6. The predicted octanol–water partition coefficient (Wildman–Crippen LogP) is 3.33. The fourth-order valence-electron chi connectivity index (χ4n) is 1.66. The lowest BCUT2D eigenvalue weighted by Gasteiger charge is -2.08. The maximum Gasteiger partial charge on any atom is 0.259 e. The van der Waals surface area contributed by atoms with E-state index in [2.05, 4.69) is 21.2 Å². The standard InChI is InChI=1S/C14H11BrFNO2/c15-11-5-2-6-12(16)13(11)14(19)17-10-4-1-3-9(7-10)8-18/h1-7,18H,8H2,(H,17,19). The highest BCUT2D eigenvalue weighted by molar-refractivity contribution is 9.10. The Bertz CT molecular complexity index is 596. The topological polar surface area (TPSA) is 49.3 Å². The molecule has 0 bridgehead atoms. The number of carbonyl (C=O) groups excluding carboxylic acids is 1. The fourth-order valence-corrected chi connectivity index (χ4v) is 2.18. The van der Waals surface area contributed by atoms with Crippen LogP contribution in [0.1, 0.15) is 15.9 Å². The van der Waals surface area contributed by atoms with E-state index < -0.39 is 11.7 Å². The van der Waals surface area contributed by atoms with Gasteiger partial charge in [0.2, 0.25) is 0 Å². The van der Waals surface area contributed by atoms with Crippen LogP contribution in [0, 0.1) is 5.82 Å². The third-order valence-electron chi connectivity index (χ3n) is 2.56. The second-order valence-electron chi connectivity index (χ2n) is 3.91. The van der Waals surface area contributed by atoms with Gasteiger partial charge in [0.15, 0.2) is 0 Å². The maximum absolute atomic E-state index is 13.6. The first-order valence-corrected chi connectivity index (χ1v) is 6.36. The number of nitrogens with one attached hydrogen (secondary N) is 1. The summed E-state index contributed by atoms with van der Waals surface area (Å²) < 4.78 is 14.0. The lowest BCUT2D eigenvalue weighted by Crippen LogP contribution is -2.14. The summed E-state index contributed by atoms with van der Waals surface area (Å²) in [5, 5.41) is 11.6. The van der Waals surface area contributed by atoms with Crippen LogP contribution in [-0.2, 0) is 6.61 Å². The molecule has 2 aromatic rings. The highest BCUT2D eigenvalue weighted by Crippen LogP contribution is 2.21. The van der Waals surface area contributed by atoms with Crippen LogP contribution in [0.3, 0.4) is 0 Å². The molecule has 0 aliphatic carbocycles. The molecule has 19 heavy (non-hydrogen) atoms. The smallest absolute Gasteiger partial charge is 0.259 e.